The van der Waals surface area contributed by atoms with Crippen molar-refractivity contribution in [3.8, 4) is 68.6 Å². The molecule has 5 aliphatic heterocycles. The van der Waals surface area contributed by atoms with Crippen LogP contribution < -0.4 is 75.1 Å². The molecule has 33 heteroatoms. The first-order valence-corrected chi connectivity index (χ1v) is 46.7. The largest absolute Gasteiger partial charge is 0.497 e. The fraction of sp³-hybridized carbons (Fsp3) is 0.433. The van der Waals surface area contributed by atoms with E-state index in [-0.39, 0.29) is 107 Å². The molecule has 0 saturated heterocycles. The summed E-state index contributed by atoms with van der Waals surface area (Å²) in [7, 11) is 4.60. The predicted octanol–water partition coefficient (Wildman–Crippen LogP) is 14.8. The first-order valence-electron chi connectivity index (χ1n) is 40.2. The summed E-state index contributed by atoms with van der Waals surface area (Å²) in [5.74, 6) is -7.90. The van der Waals surface area contributed by atoms with Gasteiger partial charge in [-0.2, -0.15) is 0 Å². The van der Waals surface area contributed by atoms with Crippen molar-refractivity contribution in [1.82, 2.24) is 42.1 Å². The Kier molecular flexibility index (Phi) is 29.4. The lowest BCUT2D eigenvalue weighted by atomic mass is 9.89. The van der Waals surface area contributed by atoms with Gasteiger partial charge in [0.25, 0.3) is 0 Å². The first kappa shape index (κ1) is 94.2. The van der Waals surface area contributed by atoms with Crippen LogP contribution in [0.15, 0.2) is 127 Å². The molecule has 8 amide bonds. The lowest BCUT2D eigenvalue weighted by Crippen LogP contribution is -2.61. The van der Waals surface area contributed by atoms with Crippen LogP contribution in [0.4, 0.5) is 4.79 Å². The molecule has 12 rings (SSSR count). The van der Waals surface area contributed by atoms with Gasteiger partial charge in [0.2, 0.25) is 47.1 Å². The summed E-state index contributed by atoms with van der Waals surface area (Å²) in [6.07, 6.45) is -4.79. The highest BCUT2D eigenvalue weighted by atomic mass is 35.5. The smallest absolute Gasteiger partial charge is 0.410 e. The molecular formula is C90H112Cl2N8O21Si2. The Morgan fingerprint density at radius 2 is 1.02 bits per heavy atom. The number of nitrogens with zero attached hydrogens (tertiary/aromatic N) is 1. The molecule has 7 aromatic carbocycles. The van der Waals surface area contributed by atoms with E-state index < -0.39 is 153 Å². The number of fused-ring (bicyclic) bond motifs is 15. The van der Waals surface area contributed by atoms with E-state index >= 15 is 33.6 Å². The number of hydrogen-bond donors (Lipinski definition) is 7. The van der Waals surface area contributed by atoms with E-state index in [1.807, 2.05) is 81.6 Å². The highest BCUT2D eigenvalue weighted by Crippen LogP contribution is 2.51. The van der Waals surface area contributed by atoms with Gasteiger partial charge in [0.15, 0.2) is 34.2 Å². The van der Waals surface area contributed by atoms with Gasteiger partial charge >= 0.3 is 12.1 Å². The van der Waals surface area contributed by atoms with Crippen molar-refractivity contribution in [2.24, 2.45) is 5.92 Å². The average molecular weight is 1770 g/mol. The molecule has 660 valence electrons. The number of carbonyl (C=O) groups is 9. The van der Waals surface area contributed by atoms with E-state index in [1.165, 1.54) is 116 Å². The molecule has 0 radical (unpaired) electrons. The molecule has 5 heterocycles. The van der Waals surface area contributed by atoms with E-state index in [1.54, 1.807) is 81.4 Å². The zero-order chi connectivity index (χ0) is 90.4. The van der Waals surface area contributed by atoms with Crippen LogP contribution in [0.25, 0.3) is 11.1 Å². The molecule has 7 N–H and O–H groups in total. The lowest BCUT2D eigenvalue weighted by molar-refractivity contribution is -0.146. The van der Waals surface area contributed by atoms with Crippen molar-refractivity contribution >= 4 is 93.2 Å². The summed E-state index contributed by atoms with van der Waals surface area (Å²) in [6.45, 7) is 28.2. The number of hydrogen-bond acceptors (Lipinski definition) is 21. The van der Waals surface area contributed by atoms with Crippen LogP contribution in [0.5, 0.6) is 57.5 Å². The number of amides is 8. The van der Waals surface area contributed by atoms with Crippen molar-refractivity contribution in [3.05, 3.63) is 176 Å². The molecule has 7 aromatic rings. The standard InChI is InChI=1S/C90H112Cl2N8O21Si2/c1-47(2)38-62(100(12)87(109)119-88(3,4)5)81(103)98-75-77(120-122(20,21)89(6,7)8)51-29-36-64(59(91)40-51)117-67-42-53-43-68(79(67)115-18)118-65-37-30-52(41-60(65)92)78(121-123(22,23)90(9,10)11)76-85(107)97-74(86(108)116-19)58-44-56(112-15)45-66(114-17)70(58)57-39-50(28-35-63(57)113-16)72(82(104)99-76)96-83(105)73(53)95-80(102)61(93-84(75)106)46-69(101)94-71(48-24-31-54(110-13)32-25-48)49-26-33-55(111-14)34-27-49/h24-37,39-45,47,61-62,71-78H,38,46H2,1-23H3,(H,93,106)(H,94,101)(H,95,102)(H,96,105)(H,97,107)(H,98,103)(H,99,104)/t61-,62+,72+,73+,74-,75+,76-,77+,78+/m0/s1. The van der Waals surface area contributed by atoms with Crippen LogP contribution >= 0.6 is 23.2 Å². The second-order valence-electron chi connectivity index (χ2n) is 34.9. The maximum atomic E-state index is 16.9. The zero-order valence-electron chi connectivity index (χ0n) is 73.7. The maximum Gasteiger partial charge on any atom is 0.410 e. The molecule has 29 nitrogen and oxygen atoms in total. The minimum atomic E-state index is -3.22. The van der Waals surface area contributed by atoms with E-state index in [0.717, 1.165) is 12.0 Å². The molecule has 9 atom stereocenters. The molecule has 0 aliphatic carbocycles. The number of ether oxygens (including phenoxy) is 10. The van der Waals surface area contributed by atoms with Gasteiger partial charge in [-0.3, -0.25) is 38.5 Å². The average Bonchev–Trinajstić information content (AvgIpc) is 0.756. The second-order valence-corrected chi connectivity index (χ2v) is 45.2. The zero-order valence-corrected chi connectivity index (χ0v) is 77.2. The summed E-state index contributed by atoms with van der Waals surface area (Å²) in [4.78, 5) is 145. The number of esters is 1. The topological polar surface area (TPSA) is 352 Å². The number of benzene rings is 7. The normalized spacial score (nSPS) is 19.2. The summed E-state index contributed by atoms with van der Waals surface area (Å²) >= 11 is 15.0. The van der Waals surface area contributed by atoms with Crippen LogP contribution in [0, 0.1) is 5.92 Å². The first-order chi connectivity index (χ1) is 57.8. The third-order valence-corrected chi connectivity index (χ3v) is 32.2. The van der Waals surface area contributed by atoms with Gasteiger partial charge < -0.3 is 93.4 Å². The summed E-state index contributed by atoms with van der Waals surface area (Å²) < 4.78 is 75.0. The minimum Gasteiger partial charge on any atom is -0.497 e. The fourth-order valence-corrected chi connectivity index (χ4v) is 16.9. The number of nitrogens with one attached hydrogen (secondary N) is 7. The van der Waals surface area contributed by atoms with E-state index in [4.69, 9.17) is 79.4 Å². The van der Waals surface area contributed by atoms with Gasteiger partial charge in [-0.1, -0.05) is 121 Å². The molecule has 0 saturated carbocycles. The third kappa shape index (κ3) is 21.6. The van der Waals surface area contributed by atoms with Crippen LogP contribution in [-0.4, -0.2) is 162 Å². The van der Waals surface area contributed by atoms with Crippen LogP contribution in [-0.2, 0) is 56.7 Å². The lowest BCUT2D eigenvalue weighted by Gasteiger charge is -2.42. The predicted molar refractivity (Wildman–Crippen MR) is 468 cm³/mol. The summed E-state index contributed by atoms with van der Waals surface area (Å²) in [5.41, 5.74) is 0.632. The van der Waals surface area contributed by atoms with E-state index in [0.29, 0.717) is 22.6 Å². The molecule has 0 spiro atoms. The van der Waals surface area contributed by atoms with Gasteiger partial charge in [0.05, 0.1) is 84.5 Å². The highest BCUT2D eigenvalue weighted by Gasteiger charge is 2.49. The fourth-order valence-electron chi connectivity index (χ4n) is 14.0. The molecule has 5 aliphatic rings. The monoisotopic (exact) mass is 1770 g/mol. The Morgan fingerprint density at radius 3 is 1.51 bits per heavy atom. The molecule has 0 aromatic heterocycles. The van der Waals surface area contributed by atoms with E-state index in [9.17, 15) is 9.59 Å². The Labute approximate surface area is 729 Å². The number of halogens is 2. The van der Waals surface area contributed by atoms with Gasteiger partial charge in [-0.25, -0.2) is 9.59 Å². The Hall–Kier alpha value is -11.1. The number of carbonyl (C=O) groups excluding carboxylic acids is 9. The van der Waals surface area contributed by atoms with Crippen molar-refractivity contribution in [2.75, 3.05) is 56.8 Å². The van der Waals surface area contributed by atoms with Gasteiger partial charge in [0, 0.05) is 29.8 Å². The molecule has 123 heavy (non-hydrogen) atoms. The van der Waals surface area contributed by atoms with E-state index in [2.05, 4.69) is 37.2 Å². The summed E-state index contributed by atoms with van der Waals surface area (Å²) in [5, 5.41) is 19.1. The molecule has 0 fully saturated rings. The second kappa shape index (κ2) is 38.3. The minimum absolute atomic E-state index is 0.00818. The quantitative estimate of drug-likeness (QED) is 0.0259. The molecular weight excluding hydrogens is 1660 g/mol. The van der Waals surface area contributed by atoms with Crippen molar-refractivity contribution in [2.45, 2.75) is 191 Å². The highest BCUT2D eigenvalue weighted by molar-refractivity contribution is 6.74. The van der Waals surface area contributed by atoms with Crippen molar-refractivity contribution < 1.29 is 99.4 Å². The van der Waals surface area contributed by atoms with Crippen molar-refractivity contribution in [3.63, 3.8) is 0 Å². The Balaban J connectivity index is 1.28. The number of methoxy groups -OCH3 is 7. The van der Waals surface area contributed by atoms with Gasteiger partial charge in [-0.05, 0) is 182 Å². The third-order valence-electron chi connectivity index (χ3n) is 22.7. The van der Waals surface area contributed by atoms with Gasteiger partial charge in [0.1, 0.15) is 82.1 Å². The van der Waals surface area contributed by atoms with Gasteiger partial charge in [-0.15, -0.1) is 0 Å². The number of rotatable bonds is 21. The Bertz CT molecular complexity index is 5080. The van der Waals surface area contributed by atoms with Crippen molar-refractivity contribution in [1.29, 1.82) is 0 Å². The van der Waals surface area contributed by atoms with Crippen LogP contribution in [0.2, 0.25) is 46.3 Å². The van der Waals surface area contributed by atoms with Crippen LogP contribution in [0.3, 0.4) is 0 Å². The maximum absolute atomic E-state index is 16.9. The summed E-state index contributed by atoms with van der Waals surface area (Å²) in [6, 6.07) is 19.1. The Morgan fingerprint density at radius 1 is 0.520 bits per heavy atom. The molecule has 11 bridgehead atoms. The van der Waals surface area contributed by atoms with Crippen LogP contribution in [0.1, 0.15) is 164 Å². The molecule has 0 unspecified atom stereocenters. The number of likely N-dealkylation sites (N-methyl/N-ethyl adjacent to an activating group) is 1. The SMILES string of the molecule is COC(=O)[C@H]1NC(=O)[C@H]2NC(=O)[C@H](NC(=O)[C@@H]3NC(=O)[C@H](CC(=O)NC(c4ccc(OC)cc4)c4ccc(OC)cc4)NC(=O)[C@H](NC(=O)[C@@H](CC(C)C)N(C)C(=O)OC(C)(C)C)[C@H](O[Si](C)(C)C(C)(C)C)c4ccc(c(Cl)c4)Oc4cc3cc(c4OC)Oc3ccc(cc3Cl)[C@H]2O[Si](C)(C)C(C)(C)C)c2ccc(OC)c(c2)-c2c(OC)cc(OC)cc21.